The molecule has 2 heterocycles. The fraction of sp³-hybridized carbons (Fsp3) is 0.364. The Morgan fingerprint density at radius 2 is 1.79 bits per heavy atom. The van der Waals surface area contributed by atoms with E-state index in [-0.39, 0.29) is 11.6 Å². The van der Waals surface area contributed by atoms with Crippen molar-refractivity contribution in [2.45, 2.75) is 19.5 Å². The van der Waals surface area contributed by atoms with Crippen LogP contribution in [0, 0.1) is 0 Å². The van der Waals surface area contributed by atoms with Crippen molar-refractivity contribution >= 4 is 10.9 Å². The van der Waals surface area contributed by atoms with E-state index >= 15 is 0 Å². The quantitative estimate of drug-likeness (QED) is 0.740. The average molecular weight is 378 g/mol. The Labute approximate surface area is 164 Å². The fourth-order valence-corrected chi connectivity index (χ4v) is 3.77. The molecule has 1 aliphatic heterocycles. The van der Waals surface area contributed by atoms with Crippen LogP contribution >= 0.6 is 0 Å². The minimum atomic E-state index is -0.0643. The van der Waals surface area contributed by atoms with Crippen LogP contribution in [0.25, 0.3) is 10.9 Å². The predicted molar refractivity (Wildman–Crippen MR) is 111 cm³/mol. The van der Waals surface area contributed by atoms with E-state index in [1.807, 2.05) is 36.4 Å². The molecule has 1 fully saturated rings. The van der Waals surface area contributed by atoms with Crippen LogP contribution in [0.1, 0.15) is 24.4 Å². The van der Waals surface area contributed by atoms with E-state index in [1.54, 1.807) is 7.11 Å². The van der Waals surface area contributed by atoms with Crippen molar-refractivity contribution in [2.24, 2.45) is 0 Å². The minimum Gasteiger partial charge on any atom is -0.497 e. The highest BCUT2D eigenvalue weighted by Crippen LogP contribution is 2.20. The smallest absolute Gasteiger partial charge is 0.258 e. The van der Waals surface area contributed by atoms with Crippen LogP contribution in [0.4, 0.5) is 0 Å². The maximum Gasteiger partial charge on any atom is 0.258 e. The summed E-state index contributed by atoms with van der Waals surface area (Å²) in [6.45, 7) is 6.95. The predicted octanol–water partition coefficient (Wildman–Crippen LogP) is 2.81. The van der Waals surface area contributed by atoms with E-state index in [4.69, 9.17) is 9.72 Å². The van der Waals surface area contributed by atoms with Gasteiger partial charge in [-0.1, -0.05) is 24.3 Å². The molecule has 146 valence electrons. The molecule has 2 aromatic carbocycles. The van der Waals surface area contributed by atoms with Gasteiger partial charge in [0.2, 0.25) is 0 Å². The molecule has 1 aromatic heterocycles. The van der Waals surface area contributed by atoms with E-state index in [1.165, 1.54) is 5.56 Å². The van der Waals surface area contributed by atoms with Crippen LogP contribution in [0.2, 0.25) is 0 Å². The van der Waals surface area contributed by atoms with Crippen LogP contribution in [0.3, 0.4) is 0 Å². The molecule has 6 nitrogen and oxygen atoms in total. The van der Waals surface area contributed by atoms with Gasteiger partial charge in [0.05, 0.1) is 24.1 Å². The SMILES string of the molecule is COc1ccc(CN2CCN([C@H](C)c3nc4ccccc4c(=O)[nH]3)CC2)cc1. The van der Waals surface area contributed by atoms with Gasteiger partial charge < -0.3 is 9.72 Å². The Bertz CT molecular complexity index is 991. The first-order valence-corrected chi connectivity index (χ1v) is 9.72. The Balaban J connectivity index is 1.39. The summed E-state index contributed by atoms with van der Waals surface area (Å²) >= 11 is 0. The molecular formula is C22H26N4O2. The number of rotatable bonds is 5. The van der Waals surface area contributed by atoms with Gasteiger partial charge in [-0.2, -0.15) is 0 Å². The highest BCUT2D eigenvalue weighted by Gasteiger charge is 2.24. The molecule has 1 N–H and O–H groups in total. The maximum absolute atomic E-state index is 12.4. The number of fused-ring (bicyclic) bond motifs is 1. The summed E-state index contributed by atoms with van der Waals surface area (Å²) in [5.74, 6) is 1.63. The van der Waals surface area contributed by atoms with E-state index in [9.17, 15) is 4.79 Å². The summed E-state index contributed by atoms with van der Waals surface area (Å²) in [5, 5.41) is 0.641. The second-order valence-electron chi connectivity index (χ2n) is 7.30. The zero-order valence-corrected chi connectivity index (χ0v) is 16.4. The Hall–Kier alpha value is -2.70. The highest BCUT2D eigenvalue weighted by molar-refractivity contribution is 5.77. The fourth-order valence-electron chi connectivity index (χ4n) is 3.77. The van der Waals surface area contributed by atoms with Crippen LogP contribution in [0.5, 0.6) is 5.75 Å². The Morgan fingerprint density at radius 1 is 1.07 bits per heavy atom. The van der Waals surface area contributed by atoms with Gasteiger partial charge in [-0.05, 0) is 36.8 Å². The number of nitrogens with zero attached hydrogens (tertiary/aromatic N) is 3. The van der Waals surface area contributed by atoms with E-state index in [0.29, 0.717) is 5.39 Å². The van der Waals surface area contributed by atoms with E-state index in [0.717, 1.165) is 49.8 Å². The second-order valence-corrected chi connectivity index (χ2v) is 7.30. The van der Waals surface area contributed by atoms with Crippen molar-refractivity contribution in [2.75, 3.05) is 33.3 Å². The molecule has 0 unspecified atom stereocenters. The summed E-state index contributed by atoms with van der Waals surface area (Å²) < 4.78 is 5.23. The number of aromatic nitrogens is 2. The first-order valence-electron chi connectivity index (χ1n) is 9.72. The summed E-state index contributed by atoms with van der Waals surface area (Å²) in [6.07, 6.45) is 0. The van der Waals surface area contributed by atoms with Crippen molar-refractivity contribution < 1.29 is 4.74 Å². The lowest BCUT2D eigenvalue weighted by Gasteiger charge is -2.37. The Morgan fingerprint density at radius 3 is 2.50 bits per heavy atom. The van der Waals surface area contributed by atoms with Gasteiger partial charge >= 0.3 is 0 Å². The van der Waals surface area contributed by atoms with Gasteiger partial charge in [-0.25, -0.2) is 4.98 Å². The molecule has 0 bridgehead atoms. The molecule has 0 radical (unpaired) electrons. The van der Waals surface area contributed by atoms with Gasteiger partial charge in [-0.15, -0.1) is 0 Å². The zero-order chi connectivity index (χ0) is 19.5. The lowest BCUT2D eigenvalue weighted by molar-refractivity contribution is 0.0948. The number of benzene rings is 2. The average Bonchev–Trinajstić information content (AvgIpc) is 2.74. The third kappa shape index (κ3) is 3.93. The molecule has 4 rings (SSSR count). The number of methoxy groups -OCH3 is 1. The topological polar surface area (TPSA) is 61.5 Å². The molecule has 0 saturated carbocycles. The molecular weight excluding hydrogens is 352 g/mol. The van der Waals surface area contributed by atoms with Gasteiger partial charge in [0.25, 0.3) is 5.56 Å². The number of piperazine rings is 1. The number of aromatic amines is 1. The number of H-pyrrole nitrogens is 1. The largest absolute Gasteiger partial charge is 0.497 e. The molecule has 1 saturated heterocycles. The third-order valence-corrected chi connectivity index (χ3v) is 5.55. The monoisotopic (exact) mass is 378 g/mol. The number of ether oxygens (including phenoxy) is 1. The van der Waals surface area contributed by atoms with Gasteiger partial charge in [0.15, 0.2) is 0 Å². The second kappa shape index (κ2) is 8.12. The van der Waals surface area contributed by atoms with E-state index in [2.05, 4.69) is 33.8 Å². The Kier molecular flexibility index (Phi) is 5.41. The summed E-state index contributed by atoms with van der Waals surface area (Å²) in [4.78, 5) is 24.9. The number of nitrogens with one attached hydrogen (secondary N) is 1. The summed E-state index contributed by atoms with van der Waals surface area (Å²) in [6, 6.07) is 15.8. The first kappa shape index (κ1) is 18.7. The maximum atomic E-state index is 12.4. The zero-order valence-electron chi connectivity index (χ0n) is 16.4. The van der Waals surface area contributed by atoms with Gasteiger partial charge in [-0.3, -0.25) is 14.6 Å². The van der Waals surface area contributed by atoms with Crippen LogP contribution < -0.4 is 10.3 Å². The minimum absolute atomic E-state index is 0.0643. The molecule has 6 heteroatoms. The van der Waals surface area contributed by atoms with Crippen molar-refractivity contribution in [3.05, 3.63) is 70.3 Å². The van der Waals surface area contributed by atoms with Crippen LogP contribution in [-0.4, -0.2) is 53.1 Å². The first-order chi connectivity index (χ1) is 13.6. The van der Waals surface area contributed by atoms with Crippen molar-refractivity contribution in [3.63, 3.8) is 0 Å². The molecule has 1 aliphatic rings. The lowest BCUT2D eigenvalue weighted by atomic mass is 10.1. The number of hydrogen-bond donors (Lipinski definition) is 1. The molecule has 0 aliphatic carbocycles. The van der Waals surface area contributed by atoms with Crippen molar-refractivity contribution in [3.8, 4) is 5.75 Å². The standard InChI is InChI=1S/C22H26N4O2/c1-16(21-23-20-6-4-3-5-19(20)22(27)24-21)26-13-11-25(12-14-26)15-17-7-9-18(28-2)10-8-17/h3-10,16H,11-15H2,1-2H3,(H,23,24,27)/t16-/m1/s1. The number of para-hydroxylation sites is 1. The molecule has 3 aromatic rings. The van der Waals surface area contributed by atoms with Crippen molar-refractivity contribution in [1.82, 2.24) is 19.8 Å². The van der Waals surface area contributed by atoms with Gasteiger partial charge in [0.1, 0.15) is 11.6 Å². The highest BCUT2D eigenvalue weighted by atomic mass is 16.5. The number of hydrogen-bond acceptors (Lipinski definition) is 5. The van der Waals surface area contributed by atoms with E-state index < -0.39 is 0 Å². The molecule has 28 heavy (non-hydrogen) atoms. The van der Waals surface area contributed by atoms with Gasteiger partial charge in [0, 0.05) is 32.7 Å². The normalized spacial score (nSPS) is 16.9. The summed E-state index contributed by atoms with van der Waals surface area (Å²) in [5.41, 5.74) is 1.99. The molecule has 1 atom stereocenters. The molecule has 0 amide bonds. The lowest BCUT2D eigenvalue weighted by Crippen LogP contribution is -2.47. The molecule has 0 spiro atoms. The van der Waals surface area contributed by atoms with Crippen LogP contribution in [-0.2, 0) is 6.54 Å². The third-order valence-electron chi connectivity index (χ3n) is 5.55. The van der Waals surface area contributed by atoms with Crippen LogP contribution in [0.15, 0.2) is 53.3 Å². The van der Waals surface area contributed by atoms with Crippen molar-refractivity contribution in [1.29, 1.82) is 0 Å². The summed E-state index contributed by atoms with van der Waals surface area (Å²) in [7, 11) is 1.69.